The summed E-state index contributed by atoms with van der Waals surface area (Å²) in [5.74, 6) is -0.204. The van der Waals surface area contributed by atoms with Crippen molar-refractivity contribution in [3.63, 3.8) is 0 Å². The van der Waals surface area contributed by atoms with Crippen LogP contribution in [-0.4, -0.2) is 7.05 Å². The molecule has 0 spiro atoms. The minimum absolute atomic E-state index is 0.153. The molecule has 0 radical (unpaired) electrons. The molecule has 0 aromatic heterocycles. The summed E-state index contributed by atoms with van der Waals surface area (Å²) in [6, 6.07) is 11.2. The third-order valence-corrected chi connectivity index (χ3v) is 5.03. The second-order valence-corrected chi connectivity index (χ2v) is 6.50. The monoisotopic (exact) mass is 399 g/mol. The quantitative estimate of drug-likeness (QED) is 0.747. The maximum Gasteiger partial charge on any atom is 0.123 e. The number of benzene rings is 2. The van der Waals surface area contributed by atoms with Crippen molar-refractivity contribution in [3.05, 3.63) is 67.9 Å². The van der Waals surface area contributed by atoms with Crippen LogP contribution in [0, 0.1) is 12.7 Å². The Labute approximate surface area is 135 Å². The molecule has 106 valence electrons. The van der Waals surface area contributed by atoms with Crippen molar-refractivity contribution in [1.29, 1.82) is 0 Å². The molecule has 0 amide bonds. The topological polar surface area (TPSA) is 12.0 Å². The van der Waals surface area contributed by atoms with Crippen LogP contribution in [0.15, 0.2) is 45.3 Å². The Kier molecular flexibility index (Phi) is 5.35. The van der Waals surface area contributed by atoms with Gasteiger partial charge >= 0.3 is 0 Å². The molecule has 1 atom stereocenters. The van der Waals surface area contributed by atoms with E-state index in [0.29, 0.717) is 0 Å². The Morgan fingerprint density at radius 2 is 1.80 bits per heavy atom. The lowest BCUT2D eigenvalue weighted by atomic mass is 9.97. The molecule has 1 unspecified atom stereocenters. The molecule has 20 heavy (non-hydrogen) atoms. The average molecular weight is 401 g/mol. The van der Waals surface area contributed by atoms with Gasteiger partial charge in [0.05, 0.1) is 0 Å². The lowest BCUT2D eigenvalue weighted by molar-refractivity contribution is 0.582. The number of rotatable bonds is 4. The fourth-order valence-corrected chi connectivity index (χ4v) is 2.85. The molecule has 0 aliphatic heterocycles. The van der Waals surface area contributed by atoms with Gasteiger partial charge in [-0.25, -0.2) is 4.39 Å². The molecular formula is C16H16Br2FN. The number of likely N-dealkylation sites (N-methyl/N-ethyl adjacent to an activating group) is 1. The molecule has 2 aromatic rings. The van der Waals surface area contributed by atoms with Gasteiger partial charge in [-0.05, 0) is 61.3 Å². The van der Waals surface area contributed by atoms with Gasteiger partial charge in [-0.15, -0.1) is 0 Å². The van der Waals surface area contributed by atoms with Gasteiger partial charge in [-0.2, -0.15) is 0 Å². The summed E-state index contributed by atoms with van der Waals surface area (Å²) in [7, 11) is 1.93. The van der Waals surface area contributed by atoms with Crippen LogP contribution in [0.1, 0.15) is 22.7 Å². The van der Waals surface area contributed by atoms with Crippen molar-refractivity contribution < 1.29 is 4.39 Å². The van der Waals surface area contributed by atoms with Gasteiger partial charge in [-0.3, -0.25) is 0 Å². The van der Waals surface area contributed by atoms with E-state index in [-0.39, 0.29) is 11.9 Å². The number of hydrogen-bond acceptors (Lipinski definition) is 1. The SMILES string of the molecule is CNC(Cc1cc(F)ccc1Br)c1ccc(Br)c(C)c1. The van der Waals surface area contributed by atoms with Crippen molar-refractivity contribution in [2.24, 2.45) is 0 Å². The van der Waals surface area contributed by atoms with Crippen molar-refractivity contribution >= 4 is 31.9 Å². The maximum atomic E-state index is 13.4. The van der Waals surface area contributed by atoms with Crippen molar-refractivity contribution in [3.8, 4) is 0 Å². The van der Waals surface area contributed by atoms with Gasteiger partial charge in [0.1, 0.15) is 5.82 Å². The Hall–Kier alpha value is -0.710. The number of aryl methyl sites for hydroxylation is 1. The predicted octanol–water partition coefficient (Wildman–Crippen LogP) is 5.16. The zero-order valence-corrected chi connectivity index (χ0v) is 14.6. The first-order chi connectivity index (χ1) is 9.51. The van der Waals surface area contributed by atoms with Crippen LogP contribution in [0.2, 0.25) is 0 Å². The Morgan fingerprint density at radius 1 is 1.10 bits per heavy atom. The number of hydrogen-bond donors (Lipinski definition) is 1. The number of halogens is 3. The molecule has 1 N–H and O–H groups in total. The highest BCUT2D eigenvalue weighted by molar-refractivity contribution is 9.10. The second kappa shape index (κ2) is 6.83. The van der Waals surface area contributed by atoms with E-state index >= 15 is 0 Å². The summed E-state index contributed by atoms with van der Waals surface area (Å²) in [5.41, 5.74) is 3.36. The Balaban J connectivity index is 2.28. The van der Waals surface area contributed by atoms with Crippen molar-refractivity contribution in [2.45, 2.75) is 19.4 Å². The van der Waals surface area contributed by atoms with E-state index in [1.807, 2.05) is 7.05 Å². The van der Waals surface area contributed by atoms with Crippen LogP contribution >= 0.6 is 31.9 Å². The molecule has 4 heteroatoms. The second-order valence-electron chi connectivity index (χ2n) is 4.79. The molecule has 0 fully saturated rings. The third-order valence-electron chi connectivity index (χ3n) is 3.36. The maximum absolute atomic E-state index is 13.4. The molecule has 2 rings (SSSR count). The number of nitrogens with one attached hydrogen (secondary N) is 1. The highest BCUT2D eigenvalue weighted by atomic mass is 79.9. The average Bonchev–Trinajstić information content (AvgIpc) is 2.43. The summed E-state index contributed by atoms with van der Waals surface area (Å²) in [4.78, 5) is 0. The fraction of sp³-hybridized carbons (Fsp3) is 0.250. The standard InChI is InChI=1S/C16H16Br2FN/c1-10-7-11(3-5-14(10)17)16(20-2)9-12-8-13(19)4-6-15(12)18/h3-8,16,20H,9H2,1-2H3. The van der Waals surface area contributed by atoms with Gasteiger partial charge in [0.2, 0.25) is 0 Å². The van der Waals surface area contributed by atoms with Crippen LogP contribution < -0.4 is 5.32 Å². The predicted molar refractivity (Wildman–Crippen MR) is 88.5 cm³/mol. The molecule has 0 saturated carbocycles. The highest BCUT2D eigenvalue weighted by Crippen LogP contribution is 2.27. The molecule has 1 nitrogen and oxygen atoms in total. The Morgan fingerprint density at radius 3 is 2.45 bits per heavy atom. The largest absolute Gasteiger partial charge is 0.313 e. The molecule has 0 bridgehead atoms. The molecule has 2 aromatic carbocycles. The van der Waals surface area contributed by atoms with Gasteiger partial charge in [0, 0.05) is 15.0 Å². The van der Waals surface area contributed by atoms with E-state index in [4.69, 9.17) is 0 Å². The van der Waals surface area contributed by atoms with Gasteiger partial charge in [-0.1, -0.05) is 44.0 Å². The smallest absolute Gasteiger partial charge is 0.123 e. The lowest BCUT2D eigenvalue weighted by Crippen LogP contribution is -2.19. The van der Waals surface area contributed by atoms with Crippen LogP contribution in [-0.2, 0) is 6.42 Å². The highest BCUT2D eigenvalue weighted by Gasteiger charge is 2.13. The zero-order chi connectivity index (χ0) is 14.7. The van der Waals surface area contributed by atoms with E-state index < -0.39 is 0 Å². The van der Waals surface area contributed by atoms with E-state index in [0.717, 1.165) is 20.9 Å². The van der Waals surface area contributed by atoms with Crippen LogP contribution in [0.4, 0.5) is 4.39 Å². The van der Waals surface area contributed by atoms with Gasteiger partial charge in [0.25, 0.3) is 0 Å². The Bertz CT molecular complexity index is 613. The summed E-state index contributed by atoms with van der Waals surface area (Å²) in [6.45, 7) is 2.07. The summed E-state index contributed by atoms with van der Waals surface area (Å²) in [5, 5.41) is 3.30. The van der Waals surface area contributed by atoms with Gasteiger partial charge < -0.3 is 5.32 Å². The van der Waals surface area contributed by atoms with Crippen LogP contribution in [0.25, 0.3) is 0 Å². The first-order valence-corrected chi connectivity index (χ1v) is 7.97. The minimum Gasteiger partial charge on any atom is -0.313 e. The van der Waals surface area contributed by atoms with Crippen molar-refractivity contribution in [1.82, 2.24) is 5.32 Å². The van der Waals surface area contributed by atoms with E-state index in [1.165, 1.54) is 17.2 Å². The summed E-state index contributed by atoms with van der Waals surface area (Å²) < 4.78 is 15.4. The van der Waals surface area contributed by atoms with Crippen LogP contribution in [0.3, 0.4) is 0 Å². The van der Waals surface area contributed by atoms with Crippen molar-refractivity contribution in [2.75, 3.05) is 7.05 Å². The first-order valence-electron chi connectivity index (χ1n) is 6.38. The molecule has 0 aliphatic rings. The lowest BCUT2D eigenvalue weighted by Gasteiger charge is -2.18. The normalized spacial score (nSPS) is 12.4. The fourth-order valence-electron chi connectivity index (χ4n) is 2.19. The molecule has 0 aliphatic carbocycles. The first kappa shape index (κ1) is 15.7. The third kappa shape index (κ3) is 3.68. The molecular weight excluding hydrogens is 385 g/mol. The van der Waals surface area contributed by atoms with Crippen LogP contribution in [0.5, 0.6) is 0 Å². The molecule has 0 heterocycles. The van der Waals surface area contributed by atoms with E-state index in [2.05, 4.69) is 62.3 Å². The van der Waals surface area contributed by atoms with Gasteiger partial charge in [0.15, 0.2) is 0 Å². The summed E-state index contributed by atoms with van der Waals surface area (Å²) >= 11 is 7.00. The molecule has 0 saturated heterocycles. The zero-order valence-electron chi connectivity index (χ0n) is 11.4. The van der Waals surface area contributed by atoms with E-state index in [1.54, 1.807) is 12.1 Å². The summed E-state index contributed by atoms with van der Waals surface area (Å²) in [6.07, 6.45) is 0.732. The van der Waals surface area contributed by atoms with E-state index in [9.17, 15) is 4.39 Å². The minimum atomic E-state index is -0.204.